The van der Waals surface area contributed by atoms with Crippen LogP contribution in [0.15, 0.2) is 82.3 Å². The van der Waals surface area contributed by atoms with E-state index in [0.717, 1.165) is 5.56 Å². The first kappa shape index (κ1) is 15.4. The highest BCUT2D eigenvalue weighted by atomic mass is 16.5. The molecule has 0 fully saturated rings. The fraction of sp³-hybridized carbons (Fsp3) is 0.118. The molecule has 0 amide bonds. The van der Waals surface area contributed by atoms with E-state index in [1.165, 1.54) is 6.92 Å². The molecule has 0 radical (unpaired) electrons. The van der Waals surface area contributed by atoms with E-state index in [-0.39, 0.29) is 18.1 Å². The molecule has 0 aliphatic heterocycles. The molecule has 0 aliphatic rings. The van der Waals surface area contributed by atoms with Crippen molar-refractivity contribution in [3.63, 3.8) is 0 Å². The first-order valence-electron chi connectivity index (χ1n) is 6.74. The summed E-state index contributed by atoms with van der Waals surface area (Å²) in [5.74, 6) is -0.957. The van der Waals surface area contributed by atoms with E-state index < -0.39 is 5.97 Å². The zero-order valence-corrected chi connectivity index (χ0v) is 12.1. The van der Waals surface area contributed by atoms with Gasteiger partial charge in [-0.25, -0.2) is 4.79 Å². The van der Waals surface area contributed by atoms with E-state index in [4.69, 9.17) is 4.74 Å². The van der Waals surface area contributed by atoms with Crippen molar-refractivity contribution in [3.8, 4) is 0 Å². The van der Waals surface area contributed by atoms with Gasteiger partial charge in [0, 0.05) is 0 Å². The molecule has 0 aliphatic carbocycles. The second kappa shape index (κ2) is 7.73. The van der Waals surface area contributed by atoms with Crippen LogP contribution in [0.3, 0.4) is 0 Å². The van der Waals surface area contributed by atoms with Crippen molar-refractivity contribution >= 4 is 11.7 Å². The number of esters is 1. The molecular formula is C17H16N2O3. The highest BCUT2D eigenvalue weighted by Gasteiger charge is 2.14. The highest BCUT2D eigenvalue weighted by Crippen LogP contribution is 2.15. The van der Waals surface area contributed by atoms with Crippen LogP contribution in [0, 0.1) is 0 Å². The third-order valence-corrected chi connectivity index (χ3v) is 2.77. The van der Waals surface area contributed by atoms with Crippen LogP contribution in [0.25, 0.3) is 0 Å². The molecular weight excluding hydrogens is 280 g/mol. The number of carbonyl (C=O) groups is 1. The minimum Gasteiger partial charge on any atom is -0.510 e. The number of benzene rings is 2. The minimum atomic E-state index is -0.719. The maximum atomic E-state index is 12.0. The van der Waals surface area contributed by atoms with E-state index in [1.807, 2.05) is 36.4 Å². The van der Waals surface area contributed by atoms with Crippen LogP contribution < -0.4 is 0 Å². The fourth-order valence-electron chi connectivity index (χ4n) is 1.65. The number of hydrogen-bond acceptors (Lipinski definition) is 5. The van der Waals surface area contributed by atoms with E-state index in [0.29, 0.717) is 5.69 Å². The standard InChI is InChI=1S/C17H16N2O3/c1-13(20)16(19-18-15-10-6-3-7-11-15)17(21)22-12-14-8-4-2-5-9-14/h2-11,20H,12H2,1H3. The van der Waals surface area contributed by atoms with E-state index in [9.17, 15) is 9.90 Å². The predicted octanol–water partition coefficient (Wildman–Crippen LogP) is 4.30. The molecule has 0 aromatic heterocycles. The quantitative estimate of drug-likeness (QED) is 0.387. The lowest BCUT2D eigenvalue weighted by Gasteiger charge is -2.05. The van der Waals surface area contributed by atoms with Crippen molar-refractivity contribution < 1.29 is 14.6 Å². The average molecular weight is 296 g/mol. The van der Waals surface area contributed by atoms with Crippen molar-refractivity contribution in [1.29, 1.82) is 0 Å². The summed E-state index contributed by atoms with van der Waals surface area (Å²) in [6.07, 6.45) is 0. The van der Waals surface area contributed by atoms with Gasteiger partial charge in [0.05, 0.1) is 5.69 Å². The Kier molecular flexibility index (Phi) is 5.43. The monoisotopic (exact) mass is 296 g/mol. The lowest BCUT2D eigenvalue weighted by molar-refractivity contribution is -0.140. The van der Waals surface area contributed by atoms with Crippen molar-refractivity contribution in [2.75, 3.05) is 0 Å². The molecule has 2 rings (SSSR count). The summed E-state index contributed by atoms with van der Waals surface area (Å²) in [7, 11) is 0. The van der Waals surface area contributed by atoms with Crippen LogP contribution in [-0.2, 0) is 16.1 Å². The summed E-state index contributed by atoms with van der Waals surface area (Å²) >= 11 is 0. The van der Waals surface area contributed by atoms with Crippen LogP contribution in [-0.4, -0.2) is 11.1 Å². The number of nitrogens with zero attached hydrogens (tertiary/aromatic N) is 2. The maximum Gasteiger partial charge on any atom is 0.362 e. The van der Waals surface area contributed by atoms with Gasteiger partial charge < -0.3 is 9.84 Å². The van der Waals surface area contributed by atoms with Crippen LogP contribution in [0.5, 0.6) is 0 Å². The number of azo groups is 1. The van der Waals surface area contributed by atoms with Gasteiger partial charge in [0.2, 0.25) is 5.70 Å². The number of ether oxygens (including phenoxy) is 1. The highest BCUT2D eigenvalue weighted by molar-refractivity contribution is 5.88. The topological polar surface area (TPSA) is 71.2 Å². The average Bonchev–Trinajstić information content (AvgIpc) is 2.55. The zero-order chi connectivity index (χ0) is 15.8. The van der Waals surface area contributed by atoms with Gasteiger partial charge in [-0.2, -0.15) is 5.11 Å². The first-order valence-corrected chi connectivity index (χ1v) is 6.74. The molecule has 5 heteroatoms. The molecule has 5 nitrogen and oxygen atoms in total. The zero-order valence-electron chi connectivity index (χ0n) is 12.1. The fourth-order valence-corrected chi connectivity index (χ4v) is 1.65. The Bertz CT molecular complexity index is 676. The minimum absolute atomic E-state index is 0.108. The molecule has 112 valence electrons. The number of allylic oxidation sites excluding steroid dienone is 1. The molecule has 0 unspecified atom stereocenters. The third kappa shape index (κ3) is 4.56. The molecule has 0 saturated carbocycles. The Labute approximate surface area is 128 Å². The van der Waals surface area contributed by atoms with Crippen molar-refractivity contribution in [2.45, 2.75) is 13.5 Å². The van der Waals surface area contributed by atoms with E-state index in [1.54, 1.807) is 24.3 Å². The molecule has 0 atom stereocenters. The summed E-state index contributed by atoms with van der Waals surface area (Å²) in [5.41, 5.74) is 1.22. The Balaban J connectivity index is 2.04. The SMILES string of the molecule is CC(O)=C(N=Nc1ccccc1)C(=O)OCc1ccccc1. The van der Waals surface area contributed by atoms with Crippen molar-refractivity contribution in [3.05, 3.63) is 77.7 Å². The van der Waals surface area contributed by atoms with Crippen LogP contribution >= 0.6 is 0 Å². The van der Waals surface area contributed by atoms with E-state index >= 15 is 0 Å². The number of rotatable bonds is 5. The molecule has 0 saturated heterocycles. The summed E-state index contributed by atoms with van der Waals surface area (Å²) < 4.78 is 5.13. The van der Waals surface area contributed by atoms with Crippen molar-refractivity contribution in [2.24, 2.45) is 10.2 Å². The Morgan fingerprint density at radius 3 is 2.23 bits per heavy atom. The van der Waals surface area contributed by atoms with Crippen LogP contribution in [0.4, 0.5) is 5.69 Å². The number of hydrogen-bond donors (Lipinski definition) is 1. The first-order chi connectivity index (χ1) is 10.7. The maximum absolute atomic E-state index is 12.0. The van der Waals surface area contributed by atoms with Gasteiger partial charge in [-0.3, -0.25) is 0 Å². The molecule has 0 heterocycles. The summed E-state index contributed by atoms with van der Waals surface area (Å²) in [4.78, 5) is 12.0. The number of aliphatic hydroxyl groups excluding tert-OH is 1. The number of carbonyl (C=O) groups excluding carboxylic acids is 1. The lowest BCUT2D eigenvalue weighted by atomic mass is 10.2. The third-order valence-electron chi connectivity index (χ3n) is 2.77. The Morgan fingerprint density at radius 1 is 1.05 bits per heavy atom. The molecule has 0 bridgehead atoms. The molecule has 1 N–H and O–H groups in total. The predicted molar refractivity (Wildman–Crippen MR) is 82.5 cm³/mol. The van der Waals surface area contributed by atoms with Gasteiger partial charge in [-0.1, -0.05) is 48.5 Å². The van der Waals surface area contributed by atoms with Gasteiger partial charge in [0.25, 0.3) is 0 Å². The van der Waals surface area contributed by atoms with Gasteiger partial charge >= 0.3 is 5.97 Å². The van der Waals surface area contributed by atoms with Crippen LogP contribution in [0.2, 0.25) is 0 Å². The summed E-state index contributed by atoms with van der Waals surface area (Å²) in [6.45, 7) is 1.47. The van der Waals surface area contributed by atoms with Gasteiger partial charge in [0.15, 0.2) is 0 Å². The lowest BCUT2D eigenvalue weighted by Crippen LogP contribution is -2.08. The van der Waals surface area contributed by atoms with Gasteiger partial charge in [0.1, 0.15) is 12.4 Å². The molecule has 2 aromatic rings. The second-order valence-electron chi connectivity index (χ2n) is 4.53. The summed E-state index contributed by atoms with van der Waals surface area (Å²) in [5, 5.41) is 17.3. The molecule has 0 spiro atoms. The Morgan fingerprint density at radius 2 is 1.64 bits per heavy atom. The smallest absolute Gasteiger partial charge is 0.362 e. The largest absolute Gasteiger partial charge is 0.510 e. The molecule has 22 heavy (non-hydrogen) atoms. The summed E-state index contributed by atoms with van der Waals surface area (Å²) in [6, 6.07) is 18.2. The number of aliphatic hydroxyl groups is 1. The van der Waals surface area contributed by atoms with E-state index in [2.05, 4.69) is 10.2 Å². The molecule has 2 aromatic carbocycles. The van der Waals surface area contributed by atoms with Crippen LogP contribution in [0.1, 0.15) is 12.5 Å². The Hall–Kier alpha value is -2.95. The van der Waals surface area contributed by atoms with Gasteiger partial charge in [-0.15, -0.1) is 5.11 Å². The van der Waals surface area contributed by atoms with Gasteiger partial charge in [-0.05, 0) is 24.6 Å². The van der Waals surface area contributed by atoms with Crippen molar-refractivity contribution in [1.82, 2.24) is 0 Å². The normalized spacial score (nSPS) is 12.0. The second-order valence-corrected chi connectivity index (χ2v) is 4.53.